The Morgan fingerprint density at radius 3 is 2.31 bits per heavy atom. The molecule has 29 heavy (non-hydrogen) atoms. The van der Waals surface area contributed by atoms with Gasteiger partial charge in [0.05, 0.1) is 5.56 Å². The van der Waals surface area contributed by atoms with E-state index in [-0.39, 0.29) is 30.7 Å². The second kappa shape index (κ2) is 9.79. The third-order valence-electron chi connectivity index (χ3n) is 6.15. The number of nitrogens with one attached hydrogen (secondary N) is 1. The van der Waals surface area contributed by atoms with Gasteiger partial charge in [-0.1, -0.05) is 12.1 Å². The van der Waals surface area contributed by atoms with Crippen molar-refractivity contribution in [3.8, 4) is 11.1 Å². The van der Waals surface area contributed by atoms with E-state index in [1.165, 1.54) is 6.42 Å². The lowest BCUT2D eigenvalue weighted by Crippen LogP contribution is -2.44. The fraction of sp³-hybridized carbons (Fsp3) is 0.455. The fourth-order valence-electron chi connectivity index (χ4n) is 4.26. The van der Waals surface area contributed by atoms with Crippen LogP contribution in [0.15, 0.2) is 42.7 Å². The maximum Gasteiger partial charge on any atom is 0.255 e. The molecule has 1 amide bonds. The number of hydrogen-bond acceptors (Lipinski definition) is 4. The predicted octanol–water partition coefficient (Wildman–Crippen LogP) is 3.87. The van der Waals surface area contributed by atoms with Crippen LogP contribution in [0.4, 0.5) is 5.69 Å². The fourth-order valence-corrected chi connectivity index (χ4v) is 4.26. The molecule has 0 bridgehead atoms. The number of carbonyl (C=O) groups excluding carboxylic acids is 1. The van der Waals surface area contributed by atoms with Gasteiger partial charge < -0.3 is 15.1 Å². The van der Waals surface area contributed by atoms with Crippen molar-refractivity contribution in [3.05, 3.63) is 48.3 Å². The van der Waals surface area contributed by atoms with Crippen molar-refractivity contribution in [1.82, 2.24) is 15.2 Å². The molecule has 0 atom stereocenters. The van der Waals surface area contributed by atoms with E-state index in [4.69, 9.17) is 0 Å². The third kappa shape index (κ3) is 5.03. The lowest BCUT2D eigenvalue weighted by atomic mass is 9.78. The van der Waals surface area contributed by atoms with Crippen molar-refractivity contribution in [3.63, 3.8) is 0 Å². The van der Waals surface area contributed by atoms with Crippen molar-refractivity contribution in [2.75, 3.05) is 45.2 Å². The summed E-state index contributed by atoms with van der Waals surface area (Å²) in [6.45, 7) is 3.92. The van der Waals surface area contributed by atoms with Crippen molar-refractivity contribution in [2.24, 2.45) is 5.41 Å². The highest BCUT2D eigenvalue weighted by atomic mass is 35.5. The highest BCUT2D eigenvalue weighted by Gasteiger charge is 2.38. The molecule has 0 unspecified atom stereocenters. The lowest BCUT2D eigenvalue weighted by Gasteiger charge is -2.38. The number of hydrogen-bond donors (Lipinski definition) is 1. The molecule has 3 heterocycles. The Labute approximate surface area is 185 Å². The van der Waals surface area contributed by atoms with Gasteiger partial charge in [-0.05, 0) is 55.0 Å². The van der Waals surface area contributed by atoms with Crippen LogP contribution in [0.5, 0.6) is 0 Å². The number of anilines is 1. The SMILES string of the molecule is CN(C)c1ccc(-c2cncc(C(=O)N3CCC4(CCNC4)CC3)c2)cc1.Cl.Cl. The summed E-state index contributed by atoms with van der Waals surface area (Å²) in [5.41, 5.74) is 4.33. The number of nitrogens with zero attached hydrogens (tertiary/aromatic N) is 3. The summed E-state index contributed by atoms with van der Waals surface area (Å²) >= 11 is 0. The second-order valence-electron chi connectivity index (χ2n) is 8.12. The highest BCUT2D eigenvalue weighted by molar-refractivity contribution is 5.95. The molecule has 0 aliphatic carbocycles. The lowest BCUT2D eigenvalue weighted by molar-refractivity contribution is 0.0607. The molecule has 2 aliphatic rings. The van der Waals surface area contributed by atoms with Crippen molar-refractivity contribution < 1.29 is 4.79 Å². The Kier molecular flexibility index (Phi) is 7.92. The molecular weight excluding hydrogens is 407 g/mol. The largest absolute Gasteiger partial charge is 0.378 e. The Morgan fingerprint density at radius 2 is 1.72 bits per heavy atom. The van der Waals surface area contributed by atoms with E-state index in [0.717, 1.165) is 55.8 Å². The molecule has 2 aromatic rings. The first-order valence-corrected chi connectivity index (χ1v) is 9.79. The van der Waals surface area contributed by atoms with Gasteiger partial charge >= 0.3 is 0 Å². The normalized spacial score (nSPS) is 17.4. The number of pyridine rings is 1. The summed E-state index contributed by atoms with van der Waals surface area (Å²) in [6.07, 6.45) is 6.98. The van der Waals surface area contributed by atoms with Crippen LogP contribution in [0.25, 0.3) is 11.1 Å². The molecule has 1 N–H and O–H groups in total. The van der Waals surface area contributed by atoms with Gasteiger partial charge in [-0.3, -0.25) is 9.78 Å². The van der Waals surface area contributed by atoms with E-state index in [9.17, 15) is 4.79 Å². The zero-order valence-electron chi connectivity index (χ0n) is 17.1. The molecule has 2 saturated heterocycles. The molecular formula is C22H30Cl2N4O. The van der Waals surface area contributed by atoms with Crippen LogP contribution in [-0.4, -0.2) is 56.1 Å². The predicted molar refractivity (Wildman–Crippen MR) is 124 cm³/mol. The summed E-state index contributed by atoms with van der Waals surface area (Å²) in [5.74, 6) is 0.107. The zero-order valence-corrected chi connectivity index (χ0v) is 18.7. The number of amides is 1. The smallest absolute Gasteiger partial charge is 0.255 e. The number of piperidine rings is 1. The van der Waals surface area contributed by atoms with Gasteiger partial charge in [0.2, 0.25) is 0 Å². The van der Waals surface area contributed by atoms with E-state index in [1.807, 2.05) is 31.3 Å². The monoisotopic (exact) mass is 436 g/mol. The summed E-state index contributed by atoms with van der Waals surface area (Å²) in [4.78, 5) is 21.4. The molecule has 2 aliphatic heterocycles. The van der Waals surface area contributed by atoms with Gasteiger partial charge in [0.25, 0.3) is 5.91 Å². The highest BCUT2D eigenvalue weighted by Crippen LogP contribution is 2.37. The Hall–Kier alpha value is -1.82. The van der Waals surface area contributed by atoms with Crippen molar-refractivity contribution >= 4 is 36.4 Å². The number of rotatable bonds is 3. The number of carbonyl (C=O) groups is 1. The summed E-state index contributed by atoms with van der Waals surface area (Å²) in [5, 5.41) is 3.48. The molecule has 1 spiro atoms. The van der Waals surface area contributed by atoms with E-state index in [1.54, 1.807) is 6.20 Å². The van der Waals surface area contributed by atoms with Crippen LogP contribution in [0.2, 0.25) is 0 Å². The molecule has 0 radical (unpaired) electrons. The van der Waals surface area contributed by atoms with E-state index < -0.39 is 0 Å². The summed E-state index contributed by atoms with van der Waals surface area (Å²) in [6, 6.07) is 10.3. The maximum absolute atomic E-state index is 13.0. The Bertz CT molecular complexity index is 810. The minimum absolute atomic E-state index is 0. The first-order chi connectivity index (χ1) is 13.1. The first-order valence-electron chi connectivity index (χ1n) is 9.79. The van der Waals surface area contributed by atoms with Crippen molar-refractivity contribution in [2.45, 2.75) is 19.3 Å². The summed E-state index contributed by atoms with van der Waals surface area (Å²) < 4.78 is 0. The molecule has 158 valence electrons. The van der Waals surface area contributed by atoms with Crippen molar-refractivity contribution in [1.29, 1.82) is 0 Å². The summed E-state index contributed by atoms with van der Waals surface area (Å²) in [7, 11) is 4.06. The number of likely N-dealkylation sites (tertiary alicyclic amines) is 1. The quantitative estimate of drug-likeness (QED) is 0.792. The topological polar surface area (TPSA) is 48.5 Å². The average Bonchev–Trinajstić information content (AvgIpc) is 3.16. The van der Waals surface area contributed by atoms with E-state index in [2.05, 4.69) is 39.5 Å². The van der Waals surface area contributed by atoms with Gasteiger partial charge in [-0.25, -0.2) is 0 Å². The molecule has 7 heteroatoms. The number of halogens is 2. The minimum Gasteiger partial charge on any atom is -0.378 e. The van der Waals surface area contributed by atoms with Crippen LogP contribution < -0.4 is 10.2 Å². The Morgan fingerprint density at radius 1 is 1.03 bits per heavy atom. The molecule has 5 nitrogen and oxygen atoms in total. The van der Waals surface area contributed by atoms with Crippen LogP contribution in [0.3, 0.4) is 0 Å². The van der Waals surface area contributed by atoms with Gasteiger partial charge in [-0.15, -0.1) is 24.8 Å². The maximum atomic E-state index is 13.0. The van der Waals surface area contributed by atoms with Gasteiger partial charge in [0.15, 0.2) is 0 Å². The third-order valence-corrected chi connectivity index (χ3v) is 6.15. The number of benzene rings is 1. The van der Waals surface area contributed by atoms with Crippen LogP contribution in [0, 0.1) is 5.41 Å². The first kappa shape index (κ1) is 23.5. The van der Waals surface area contributed by atoms with E-state index >= 15 is 0 Å². The van der Waals surface area contributed by atoms with Gasteiger partial charge in [0, 0.05) is 57.4 Å². The van der Waals surface area contributed by atoms with Crippen LogP contribution in [-0.2, 0) is 0 Å². The zero-order chi connectivity index (χ0) is 18.9. The molecule has 4 rings (SSSR count). The van der Waals surface area contributed by atoms with Crippen LogP contribution >= 0.6 is 24.8 Å². The van der Waals surface area contributed by atoms with Gasteiger partial charge in [-0.2, -0.15) is 0 Å². The average molecular weight is 437 g/mol. The Balaban J connectivity index is 0.00000150. The minimum atomic E-state index is 0. The van der Waals surface area contributed by atoms with E-state index in [0.29, 0.717) is 11.0 Å². The molecule has 2 fully saturated rings. The standard InChI is InChI=1S/C22H28N4O.2ClH/c1-25(2)20-5-3-17(4-6-20)18-13-19(15-24-14-18)21(27)26-11-8-22(9-12-26)7-10-23-16-22;;/h3-6,13-15,23H,7-12,16H2,1-2H3;2*1H. The molecule has 1 aromatic heterocycles. The van der Waals surface area contributed by atoms with Gasteiger partial charge in [0.1, 0.15) is 0 Å². The van der Waals surface area contributed by atoms with Crippen LogP contribution in [0.1, 0.15) is 29.6 Å². The molecule has 0 saturated carbocycles. The number of aromatic nitrogens is 1. The molecule has 1 aromatic carbocycles. The second-order valence-corrected chi connectivity index (χ2v) is 8.12.